The van der Waals surface area contributed by atoms with Gasteiger partial charge in [-0.25, -0.2) is 0 Å². The molecular weight excluding hydrogens is 388 g/mol. The Balaban J connectivity index is 2.27. The van der Waals surface area contributed by atoms with Gasteiger partial charge in [-0.3, -0.25) is 4.79 Å². The standard InChI is InChI=1S/C15H14Br2OS/c1-3-9(2)10-4-6-11(7-5-10)14(18)12-8-13(16)19-15(12)17/h4-9H,3H2,1-2H3. The number of carbonyl (C=O) groups excluding carboxylic acids is 1. The van der Waals surface area contributed by atoms with Crippen molar-refractivity contribution in [3.05, 3.63) is 54.6 Å². The summed E-state index contributed by atoms with van der Waals surface area (Å²) >= 11 is 8.35. The van der Waals surface area contributed by atoms with Gasteiger partial charge in [0.2, 0.25) is 0 Å². The van der Waals surface area contributed by atoms with Crippen LogP contribution in [0.4, 0.5) is 0 Å². The molecule has 1 heterocycles. The van der Waals surface area contributed by atoms with Gasteiger partial charge in [-0.2, -0.15) is 0 Å². The predicted molar refractivity (Wildman–Crippen MR) is 88.3 cm³/mol. The zero-order valence-corrected chi connectivity index (χ0v) is 14.7. The van der Waals surface area contributed by atoms with Crippen molar-refractivity contribution in [2.75, 3.05) is 0 Å². The van der Waals surface area contributed by atoms with Crippen LogP contribution in [0.5, 0.6) is 0 Å². The number of rotatable bonds is 4. The molecule has 0 saturated carbocycles. The summed E-state index contributed by atoms with van der Waals surface area (Å²) in [6.07, 6.45) is 1.11. The molecule has 0 saturated heterocycles. The average Bonchev–Trinajstić information content (AvgIpc) is 2.76. The molecular formula is C15H14Br2OS. The molecule has 19 heavy (non-hydrogen) atoms. The molecule has 0 N–H and O–H groups in total. The van der Waals surface area contributed by atoms with Crippen LogP contribution in [0.3, 0.4) is 0 Å². The van der Waals surface area contributed by atoms with E-state index in [2.05, 4.69) is 57.8 Å². The highest BCUT2D eigenvalue weighted by atomic mass is 79.9. The largest absolute Gasteiger partial charge is 0.289 e. The number of hydrogen-bond donors (Lipinski definition) is 0. The highest BCUT2D eigenvalue weighted by Gasteiger charge is 2.15. The van der Waals surface area contributed by atoms with E-state index in [9.17, 15) is 4.79 Å². The Morgan fingerprint density at radius 2 is 1.89 bits per heavy atom. The van der Waals surface area contributed by atoms with E-state index in [1.807, 2.05) is 18.2 Å². The molecule has 2 rings (SSSR count). The Morgan fingerprint density at radius 1 is 1.26 bits per heavy atom. The van der Waals surface area contributed by atoms with Gasteiger partial charge in [0.25, 0.3) is 0 Å². The lowest BCUT2D eigenvalue weighted by atomic mass is 9.96. The van der Waals surface area contributed by atoms with Gasteiger partial charge in [0.1, 0.15) is 0 Å². The van der Waals surface area contributed by atoms with Crippen molar-refractivity contribution in [1.29, 1.82) is 0 Å². The Labute approximate surface area is 134 Å². The lowest BCUT2D eigenvalue weighted by Crippen LogP contribution is -2.01. The molecule has 100 valence electrons. The summed E-state index contributed by atoms with van der Waals surface area (Å²) in [6.45, 7) is 4.37. The minimum Gasteiger partial charge on any atom is -0.289 e. The Bertz CT molecular complexity index is 587. The fourth-order valence-electron chi connectivity index (χ4n) is 1.85. The Hall–Kier alpha value is -0.450. The van der Waals surface area contributed by atoms with Crippen molar-refractivity contribution in [3.63, 3.8) is 0 Å². The molecule has 0 aliphatic heterocycles. The first-order chi connectivity index (χ1) is 9.02. The third-order valence-corrected chi connectivity index (χ3v) is 5.59. The molecule has 2 aromatic rings. The van der Waals surface area contributed by atoms with Gasteiger partial charge in [0.05, 0.1) is 7.57 Å². The van der Waals surface area contributed by atoms with Gasteiger partial charge in [-0.15, -0.1) is 11.3 Å². The van der Waals surface area contributed by atoms with Crippen molar-refractivity contribution in [2.24, 2.45) is 0 Å². The topological polar surface area (TPSA) is 17.1 Å². The maximum absolute atomic E-state index is 12.4. The quantitative estimate of drug-likeness (QED) is 0.572. The molecule has 0 aliphatic rings. The van der Waals surface area contributed by atoms with E-state index in [1.54, 1.807) is 0 Å². The molecule has 1 unspecified atom stereocenters. The van der Waals surface area contributed by atoms with Gasteiger partial charge in [0.15, 0.2) is 5.78 Å². The average molecular weight is 402 g/mol. The van der Waals surface area contributed by atoms with Gasteiger partial charge in [-0.05, 0) is 55.8 Å². The number of thiophene rings is 1. The Kier molecular flexibility index (Phi) is 4.98. The first-order valence-corrected chi connectivity index (χ1v) is 8.52. The van der Waals surface area contributed by atoms with Crippen molar-refractivity contribution in [1.82, 2.24) is 0 Å². The molecule has 0 fully saturated rings. The minimum atomic E-state index is 0.0597. The molecule has 1 atom stereocenters. The van der Waals surface area contributed by atoms with Crippen LogP contribution in [0.2, 0.25) is 0 Å². The zero-order valence-electron chi connectivity index (χ0n) is 10.7. The second-order valence-corrected chi connectivity index (χ2v) is 8.25. The van der Waals surface area contributed by atoms with E-state index in [0.717, 1.165) is 19.6 Å². The molecule has 0 aliphatic carbocycles. The van der Waals surface area contributed by atoms with E-state index >= 15 is 0 Å². The highest BCUT2D eigenvalue weighted by Crippen LogP contribution is 2.33. The number of hydrogen-bond acceptors (Lipinski definition) is 2. The van der Waals surface area contributed by atoms with E-state index in [4.69, 9.17) is 0 Å². The van der Waals surface area contributed by atoms with E-state index in [1.165, 1.54) is 16.9 Å². The van der Waals surface area contributed by atoms with Crippen LogP contribution in [0, 0.1) is 0 Å². The SMILES string of the molecule is CCC(C)c1ccc(C(=O)c2cc(Br)sc2Br)cc1. The third-order valence-electron chi connectivity index (χ3n) is 3.26. The van der Waals surface area contributed by atoms with Crippen LogP contribution < -0.4 is 0 Å². The number of ketones is 1. The smallest absolute Gasteiger partial charge is 0.195 e. The molecule has 1 aromatic heterocycles. The van der Waals surface area contributed by atoms with Crippen LogP contribution in [-0.2, 0) is 0 Å². The van der Waals surface area contributed by atoms with Crippen LogP contribution in [0.25, 0.3) is 0 Å². The van der Waals surface area contributed by atoms with Crippen molar-refractivity contribution < 1.29 is 4.79 Å². The zero-order chi connectivity index (χ0) is 14.0. The molecule has 1 aromatic carbocycles. The first kappa shape index (κ1) is 14.9. The maximum Gasteiger partial charge on any atom is 0.195 e. The van der Waals surface area contributed by atoms with Crippen LogP contribution in [-0.4, -0.2) is 5.78 Å². The maximum atomic E-state index is 12.4. The fraction of sp³-hybridized carbons (Fsp3) is 0.267. The Morgan fingerprint density at radius 3 is 2.37 bits per heavy atom. The van der Waals surface area contributed by atoms with Gasteiger partial charge in [-0.1, -0.05) is 38.1 Å². The van der Waals surface area contributed by atoms with Crippen molar-refractivity contribution >= 4 is 49.0 Å². The summed E-state index contributed by atoms with van der Waals surface area (Å²) in [6, 6.07) is 9.80. The van der Waals surface area contributed by atoms with Crippen molar-refractivity contribution in [2.45, 2.75) is 26.2 Å². The van der Waals surface area contributed by atoms with Gasteiger partial charge >= 0.3 is 0 Å². The van der Waals surface area contributed by atoms with Crippen molar-refractivity contribution in [3.8, 4) is 0 Å². The lowest BCUT2D eigenvalue weighted by Gasteiger charge is -2.09. The molecule has 0 spiro atoms. The molecule has 0 radical (unpaired) electrons. The summed E-state index contributed by atoms with van der Waals surface area (Å²) in [7, 11) is 0. The fourth-order valence-corrected chi connectivity index (χ4v) is 4.64. The molecule has 0 bridgehead atoms. The van der Waals surface area contributed by atoms with Gasteiger partial charge < -0.3 is 0 Å². The second-order valence-electron chi connectivity index (χ2n) is 4.50. The van der Waals surface area contributed by atoms with Crippen LogP contribution in [0.15, 0.2) is 37.9 Å². The molecule has 4 heteroatoms. The minimum absolute atomic E-state index is 0.0597. The first-order valence-electron chi connectivity index (χ1n) is 6.12. The number of halogens is 2. The highest BCUT2D eigenvalue weighted by molar-refractivity contribution is 9.12. The predicted octanol–water partition coefficient (Wildman–Crippen LogP) is 6.02. The monoisotopic (exact) mass is 400 g/mol. The van der Waals surface area contributed by atoms with E-state index in [0.29, 0.717) is 11.5 Å². The number of carbonyl (C=O) groups is 1. The summed E-state index contributed by atoms with van der Waals surface area (Å²) in [5.41, 5.74) is 2.73. The lowest BCUT2D eigenvalue weighted by molar-refractivity contribution is 0.103. The number of benzene rings is 1. The molecule has 0 amide bonds. The van der Waals surface area contributed by atoms with Crippen LogP contribution in [0.1, 0.15) is 47.7 Å². The summed E-state index contributed by atoms with van der Waals surface area (Å²) in [5.74, 6) is 0.593. The molecule has 1 nitrogen and oxygen atoms in total. The second kappa shape index (κ2) is 6.33. The summed E-state index contributed by atoms with van der Waals surface area (Å²) in [4.78, 5) is 12.4. The van der Waals surface area contributed by atoms with Crippen LogP contribution >= 0.6 is 43.2 Å². The third kappa shape index (κ3) is 3.36. The van der Waals surface area contributed by atoms with E-state index < -0.39 is 0 Å². The van der Waals surface area contributed by atoms with E-state index in [-0.39, 0.29) is 5.78 Å². The normalized spacial score (nSPS) is 12.4. The van der Waals surface area contributed by atoms with Gasteiger partial charge in [0, 0.05) is 11.1 Å². The summed E-state index contributed by atoms with van der Waals surface area (Å²) in [5, 5.41) is 0. The summed E-state index contributed by atoms with van der Waals surface area (Å²) < 4.78 is 1.83.